The number of esters is 1. The fourth-order valence-corrected chi connectivity index (χ4v) is 6.19. The molecule has 4 aromatic rings. The maximum absolute atomic E-state index is 14.1. The van der Waals surface area contributed by atoms with Crippen LogP contribution in [-0.4, -0.2) is 38.5 Å². The largest absolute Gasteiger partial charge is 0.497 e. The average molecular weight is 635 g/mol. The molecule has 0 saturated carbocycles. The molecule has 0 amide bonds. The number of rotatable bonds is 10. The van der Waals surface area contributed by atoms with Gasteiger partial charge in [0.05, 0.1) is 43.7 Å². The lowest BCUT2D eigenvalue weighted by molar-refractivity contribution is -0.139. The maximum atomic E-state index is 14.1. The number of carbonyl (C=O) groups excluding carboxylic acids is 1. The van der Waals surface area contributed by atoms with Crippen molar-refractivity contribution in [1.29, 1.82) is 0 Å². The van der Waals surface area contributed by atoms with Gasteiger partial charge in [0.25, 0.3) is 5.56 Å². The molecule has 1 aliphatic heterocycles. The number of hydrogen-bond acceptors (Lipinski definition) is 9. The first-order valence-corrected chi connectivity index (χ1v) is 14.9. The first-order valence-electron chi connectivity index (χ1n) is 13.7. The summed E-state index contributed by atoms with van der Waals surface area (Å²) in [6.07, 6.45) is 1.76. The maximum Gasteiger partial charge on any atom is 0.338 e. The van der Waals surface area contributed by atoms with Crippen LogP contribution in [0.2, 0.25) is 5.02 Å². The predicted octanol–water partition coefficient (Wildman–Crippen LogP) is 5.06. The van der Waals surface area contributed by atoms with Gasteiger partial charge in [0.2, 0.25) is 0 Å². The fraction of sp³-hybridized carbons (Fsp3) is 0.242. The van der Waals surface area contributed by atoms with Gasteiger partial charge in [-0.15, -0.1) is 0 Å². The minimum atomic E-state index is -0.854. The van der Waals surface area contributed by atoms with E-state index in [1.54, 1.807) is 64.5 Å². The van der Waals surface area contributed by atoms with Crippen LogP contribution in [0.4, 0.5) is 0 Å². The Labute approximate surface area is 263 Å². The van der Waals surface area contributed by atoms with Crippen molar-refractivity contribution in [2.45, 2.75) is 26.5 Å². The molecule has 0 radical (unpaired) electrons. The summed E-state index contributed by atoms with van der Waals surface area (Å²) in [5.74, 6) is 1.50. The van der Waals surface area contributed by atoms with Crippen molar-refractivity contribution < 1.29 is 28.5 Å². The molecule has 11 heteroatoms. The van der Waals surface area contributed by atoms with Gasteiger partial charge >= 0.3 is 5.97 Å². The second kappa shape index (κ2) is 13.4. The number of halogens is 1. The number of benzene rings is 3. The van der Waals surface area contributed by atoms with Crippen LogP contribution in [-0.2, 0) is 16.1 Å². The smallest absolute Gasteiger partial charge is 0.338 e. The van der Waals surface area contributed by atoms with Crippen molar-refractivity contribution in [3.8, 4) is 23.0 Å². The Bertz CT molecular complexity index is 1930. The number of nitrogens with zero attached hydrogens (tertiary/aromatic N) is 2. The highest BCUT2D eigenvalue weighted by Gasteiger charge is 2.35. The number of aromatic nitrogens is 1. The minimum absolute atomic E-state index is 0.169. The normalized spacial score (nSPS) is 14.5. The molecular formula is C33H31ClN2O7S. The summed E-state index contributed by atoms with van der Waals surface area (Å²) in [6, 6.07) is 17.3. The van der Waals surface area contributed by atoms with Crippen molar-refractivity contribution in [1.82, 2.24) is 4.57 Å². The van der Waals surface area contributed by atoms with Crippen molar-refractivity contribution in [3.63, 3.8) is 0 Å². The van der Waals surface area contributed by atoms with Crippen LogP contribution in [0.25, 0.3) is 6.08 Å². The van der Waals surface area contributed by atoms with Gasteiger partial charge in [-0.25, -0.2) is 9.79 Å². The number of fused-ring (bicyclic) bond motifs is 1. The van der Waals surface area contributed by atoms with Crippen molar-refractivity contribution in [2.24, 2.45) is 4.99 Å². The molecule has 9 nitrogen and oxygen atoms in total. The zero-order chi connectivity index (χ0) is 31.4. The summed E-state index contributed by atoms with van der Waals surface area (Å²) in [7, 11) is 4.63. The van der Waals surface area contributed by atoms with Crippen LogP contribution in [0.3, 0.4) is 0 Å². The van der Waals surface area contributed by atoms with Crippen LogP contribution in [0.5, 0.6) is 23.0 Å². The Morgan fingerprint density at radius 1 is 1.00 bits per heavy atom. The average Bonchev–Trinajstić information content (AvgIpc) is 3.33. The van der Waals surface area contributed by atoms with E-state index in [-0.39, 0.29) is 24.3 Å². The highest BCUT2D eigenvalue weighted by molar-refractivity contribution is 7.07. The zero-order valence-electron chi connectivity index (χ0n) is 24.9. The van der Waals surface area contributed by atoms with E-state index in [4.69, 9.17) is 35.3 Å². The third kappa shape index (κ3) is 6.09. The van der Waals surface area contributed by atoms with E-state index in [2.05, 4.69) is 4.99 Å². The Kier molecular flexibility index (Phi) is 9.41. The molecule has 0 N–H and O–H groups in total. The standard InChI is InChI=1S/C33H31ClN2O7S/c1-6-42-32(38)29-19(2)35-33-36(30(29)23-17-22(39-3)12-14-25(23)40-4)31(37)28(44-33)16-20-11-13-26(27(15-20)41-5)43-18-21-9-7-8-10-24(21)34/h7-17,30H,6,18H2,1-5H3/b28-16+/t30-/m1/s1. The molecular weight excluding hydrogens is 604 g/mol. The highest BCUT2D eigenvalue weighted by atomic mass is 35.5. The SMILES string of the molecule is CCOC(=O)C1=C(C)N=c2s/c(=C/c3ccc(OCc4ccccc4Cl)c(OC)c3)c(=O)n2[C@@H]1c1cc(OC)ccc1OC. The molecule has 228 valence electrons. The quantitative estimate of drug-likeness (QED) is 0.225. The van der Waals surface area contributed by atoms with Gasteiger partial charge in [-0.05, 0) is 61.9 Å². The predicted molar refractivity (Wildman–Crippen MR) is 169 cm³/mol. The van der Waals surface area contributed by atoms with Gasteiger partial charge in [0.1, 0.15) is 24.1 Å². The summed E-state index contributed by atoms with van der Waals surface area (Å²) in [5.41, 5.74) is 2.51. The van der Waals surface area contributed by atoms with Crippen molar-refractivity contribution in [3.05, 3.63) is 113 Å². The van der Waals surface area contributed by atoms with Gasteiger partial charge in [-0.1, -0.05) is 47.2 Å². The van der Waals surface area contributed by atoms with Gasteiger partial charge in [0, 0.05) is 16.1 Å². The molecule has 5 rings (SSSR count). The monoisotopic (exact) mass is 634 g/mol. The van der Waals surface area contributed by atoms with E-state index < -0.39 is 12.0 Å². The van der Waals surface area contributed by atoms with E-state index in [1.165, 1.54) is 23.0 Å². The van der Waals surface area contributed by atoms with E-state index in [1.807, 2.05) is 30.3 Å². The molecule has 1 aromatic heterocycles. The third-order valence-electron chi connectivity index (χ3n) is 7.07. The summed E-state index contributed by atoms with van der Waals surface area (Å²) < 4.78 is 30.0. The van der Waals surface area contributed by atoms with Crippen LogP contribution < -0.4 is 33.8 Å². The number of methoxy groups -OCH3 is 3. The second-order valence-corrected chi connectivity index (χ2v) is 11.1. The lowest BCUT2D eigenvalue weighted by Crippen LogP contribution is -2.40. The Balaban J connectivity index is 1.60. The molecule has 3 aromatic carbocycles. The van der Waals surface area contributed by atoms with Crippen LogP contribution in [0.15, 0.2) is 81.7 Å². The number of ether oxygens (including phenoxy) is 5. The minimum Gasteiger partial charge on any atom is -0.497 e. The number of allylic oxidation sites excluding steroid dienone is 1. The Hall–Kier alpha value is -4.54. The summed E-state index contributed by atoms with van der Waals surface area (Å²) in [5, 5.41) is 0.615. The molecule has 0 unspecified atom stereocenters. The second-order valence-electron chi connectivity index (χ2n) is 9.70. The van der Waals surface area contributed by atoms with Gasteiger partial charge in [0.15, 0.2) is 16.3 Å². The van der Waals surface area contributed by atoms with Crippen LogP contribution >= 0.6 is 22.9 Å². The van der Waals surface area contributed by atoms with Crippen molar-refractivity contribution >= 4 is 35.0 Å². The van der Waals surface area contributed by atoms with Crippen LogP contribution in [0.1, 0.15) is 36.6 Å². The lowest BCUT2D eigenvalue weighted by atomic mass is 9.94. The van der Waals surface area contributed by atoms with E-state index >= 15 is 0 Å². The summed E-state index contributed by atoms with van der Waals surface area (Å²) in [4.78, 5) is 32.4. The number of hydrogen-bond donors (Lipinski definition) is 0. The van der Waals surface area contributed by atoms with Gasteiger partial charge < -0.3 is 23.7 Å². The van der Waals surface area contributed by atoms with E-state index in [9.17, 15) is 9.59 Å². The Morgan fingerprint density at radius 2 is 1.75 bits per heavy atom. The molecule has 1 atom stereocenters. The molecule has 2 heterocycles. The number of thiazole rings is 1. The van der Waals surface area contributed by atoms with Crippen LogP contribution in [0, 0.1) is 0 Å². The lowest BCUT2D eigenvalue weighted by Gasteiger charge is -2.26. The topological polar surface area (TPSA) is 97.6 Å². The molecule has 1 aliphatic rings. The summed E-state index contributed by atoms with van der Waals surface area (Å²) >= 11 is 7.49. The van der Waals surface area contributed by atoms with Gasteiger partial charge in [-0.3, -0.25) is 9.36 Å². The first-order chi connectivity index (χ1) is 21.3. The molecule has 0 aliphatic carbocycles. The molecule has 0 fully saturated rings. The summed E-state index contributed by atoms with van der Waals surface area (Å²) in [6.45, 7) is 3.90. The van der Waals surface area contributed by atoms with E-state index in [0.717, 1.165) is 5.56 Å². The molecule has 0 bridgehead atoms. The molecule has 44 heavy (non-hydrogen) atoms. The fourth-order valence-electron chi connectivity index (χ4n) is 4.95. The zero-order valence-corrected chi connectivity index (χ0v) is 26.5. The Morgan fingerprint density at radius 3 is 2.45 bits per heavy atom. The highest BCUT2D eigenvalue weighted by Crippen LogP contribution is 2.38. The molecule has 0 saturated heterocycles. The number of carbonyl (C=O) groups is 1. The van der Waals surface area contributed by atoms with Gasteiger partial charge in [-0.2, -0.15) is 0 Å². The van der Waals surface area contributed by atoms with E-state index in [0.29, 0.717) is 54.2 Å². The van der Waals surface area contributed by atoms with Crippen molar-refractivity contribution in [2.75, 3.05) is 27.9 Å². The third-order valence-corrected chi connectivity index (χ3v) is 8.43. The first kappa shape index (κ1) is 30.9. The molecule has 0 spiro atoms.